The molecule has 0 radical (unpaired) electrons. The standard InChI is InChI=1S/C12H18BrN3O/c1-4-14-11-10(5-9(13)7-15-11)12(17)16-6-8(2)3/h5,7-8H,4,6H2,1-3H3,(H,14,15)(H,16,17). The molecule has 4 nitrogen and oxygen atoms in total. The first-order chi connectivity index (χ1) is 8.04. The highest BCUT2D eigenvalue weighted by atomic mass is 79.9. The summed E-state index contributed by atoms with van der Waals surface area (Å²) in [5.41, 5.74) is 0.571. The van der Waals surface area contributed by atoms with Crippen LogP contribution in [0.1, 0.15) is 31.1 Å². The number of amides is 1. The Labute approximate surface area is 110 Å². The molecule has 5 heteroatoms. The Hall–Kier alpha value is -1.10. The van der Waals surface area contributed by atoms with Crippen LogP contribution < -0.4 is 10.6 Å². The highest BCUT2D eigenvalue weighted by Gasteiger charge is 2.12. The summed E-state index contributed by atoms with van der Waals surface area (Å²) in [6.45, 7) is 7.49. The molecule has 0 bridgehead atoms. The summed E-state index contributed by atoms with van der Waals surface area (Å²) >= 11 is 3.33. The van der Waals surface area contributed by atoms with Crippen LogP contribution in [-0.2, 0) is 0 Å². The zero-order valence-electron chi connectivity index (χ0n) is 10.4. The number of nitrogens with one attached hydrogen (secondary N) is 2. The van der Waals surface area contributed by atoms with Gasteiger partial charge in [0, 0.05) is 23.8 Å². The SMILES string of the molecule is CCNc1ncc(Br)cc1C(=O)NCC(C)C. The van der Waals surface area contributed by atoms with Gasteiger partial charge in [-0.25, -0.2) is 4.98 Å². The third-order valence-corrected chi connectivity index (χ3v) is 2.55. The highest BCUT2D eigenvalue weighted by molar-refractivity contribution is 9.10. The van der Waals surface area contributed by atoms with Gasteiger partial charge in [-0.1, -0.05) is 13.8 Å². The maximum atomic E-state index is 12.0. The quantitative estimate of drug-likeness (QED) is 0.879. The van der Waals surface area contributed by atoms with Gasteiger partial charge in [0.05, 0.1) is 5.56 Å². The van der Waals surface area contributed by atoms with Gasteiger partial charge in [-0.05, 0) is 34.8 Å². The third-order valence-electron chi connectivity index (χ3n) is 2.11. The van der Waals surface area contributed by atoms with Crippen LogP contribution in [0.2, 0.25) is 0 Å². The number of nitrogens with zero attached hydrogens (tertiary/aromatic N) is 1. The minimum absolute atomic E-state index is 0.0940. The van der Waals surface area contributed by atoms with E-state index < -0.39 is 0 Å². The third kappa shape index (κ3) is 4.34. The Kier molecular flexibility index (Phi) is 5.41. The first-order valence-corrected chi connectivity index (χ1v) is 6.51. The maximum Gasteiger partial charge on any atom is 0.255 e. The number of halogens is 1. The van der Waals surface area contributed by atoms with Crippen molar-refractivity contribution in [3.63, 3.8) is 0 Å². The van der Waals surface area contributed by atoms with Crippen molar-refractivity contribution in [2.75, 3.05) is 18.4 Å². The Morgan fingerprint density at radius 2 is 2.24 bits per heavy atom. The first kappa shape index (κ1) is 14.0. The topological polar surface area (TPSA) is 54.0 Å². The number of carbonyl (C=O) groups excluding carboxylic acids is 1. The van der Waals surface area contributed by atoms with Crippen LogP contribution in [0.5, 0.6) is 0 Å². The second kappa shape index (κ2) is 6.59. The zero-order valence-corrected chi connectivity index (χ0v) is 12.0. The number of hydrogen-bond donors (Lipinski definition) is 2. The van der Waals surface area contributed by atoms with Crippen molar-refractivity contribution >= 4 is 27.7 Å². The van der Waals surface area contributed by atoms with Gasteiger partial charge in [0.25, 0.3) is 5.91 Å². The number of carbonyl (C=O) groups is 1. The molecular formula is C12H18BrN3O. The lowest BCUT2D eigenvalue weighted by Crippen LogP contribution is -2.28. The van der Waals surface area contributed by atoms with Crippen LogP contribution in [-0.4, -0.2) is 24.0 Å². The van der Waals surface area contributed by atoms with E-state index in [9.17, 15) is 4.79 Å². The molecule has 0 aromatic carbocycles. The van der Waals surface area contributed by atoms with Crippen LogP contribution >= 0.6 is 15.9 Å². The molecule has 2 N–H and O–H groups in total. The van der Waals surface area contributed by atoms with E-state index >= 15 is 0 Å². The van der Waals surface area contributed by atoms with Crippen molar-refractivity contribution in [3.8, 4) is 0 Å². The number of pyridine rings is 1. The van der Waals surface area contributed by atoms with Gasteiger partial charge in [0.15, 0.2) is 0 Å². The lowest BCUT2D eigenvalue weighted by molar-refractivity contribution is 0.0949. The molecule has 0 unspecified atom stereocenters. The van der Waals surface area contributed by atoms with E-state index in [2.05, 4.69) is 45.4 Å². The minimum atomic E-state index is -0.0940. The summed E-state index contributed by atoms with van der Waals surface area (Å²) in [4.78, 5) is 16.2. The van der Waals surface area contributed by atoms with Gasteiger partial charge in [-0.2, -0.15) is 0 Å². The van der Waals surface area contributed by atoms with Gasteiger partial charge in [-0.15, -0.1) is 0 Å². The second-order valence-electron chi connectivity index (χ2n) is 4.18. The van der Waals surface area contributed by atoms with Crippen LogP contribution in [0.3, 0.4) is 0 Å². The summed E-state index contributed by atoms with van der Waals surface area (Å²) < 4.78 is 0.800. The van der Waals surface area contributed by atoms with Crippen molar-refractivity contribution in [3.05, 3.63) is 22.3 Å². The van der Waals surface area contributed by atoms with Gasteiger partial charge in [0.1, 0.15) is 5.82 Å². The van der Waals surface area contributed by atoms with Crippen molar-refractivity contribution in [1.29, 1.82) is 0 Å². The summed E-state index contributed by atoms with van der Waals surface area (Å²) in [7, 11) is 0. The Balaban J connectivity index is 2.86. The fourth-order valence-electron chi connectivity index (χ4n) is 1.31. The van der Waals surface area contributed by atoms with Crippen molar-refractivity contribution in [2.24, 2.45) is 5.92 Å². The molecule has 1 rings (SSSR count). The Bertz CT molecular complexity index is 393. The molecule has 0 saturated carbocycles. The van der Waals surface area contributed by atoms with E-state index in [1.807, 2.05) is 6.92 Å². The normalized spacial score (nSPS) is 10.4. The fourth-order valence-corrected chi connectivity index (χ4v) is 1.64. The molecule has 1 heterocycles. The van der Waals surface area contributed by atoms with Gasteiger partial charge in [-0.3, -0.25) is 4.79 Å². The number of rotatable bonds is 5. The zero-order chi connectivity index (χ0) is 12.8. The van der Waals surface area contributed by atoms with Gasteiger partial charge < -0.3 is 10.6 Å². The molecule has 1 aromatic heterocycles. The number of hydrogen-bond acceptors (Lipinski definition) is 3. The van der Waals surface area contributed by atoms with E-state index in [0.29, 0.717) is 23.8 Å². The Morgan fingerprint density at radius 3 is 2.82 bits per heavy atom. The lowest BCUT2D eigenvalue weighted by atomic mass is 10.2. The van der Waals surface area contributed by atoms with Crippen LogP contribution in [0.25, 0.3) is 0 Å². The van der Waals surface area contributed by atoms with E-state index in [1.54, 1.807) is 12.3 Å². The molecule has 0 spiro atoms. The molecule has 0 aliphatic rings. The summed E-state index contributed by atoms with van der Waals surface area (Å²) in [5, 5.41) is 5.96. The molecule has 94 valence electrons. The van der Waals surface area contributed by atoms with Crippen molar-refractivity contribution in [2.45, 2.75) is 20.8 Å². The predicted octanol–water partition coefficient (Wildman–Crippen LogP) is 2.66. The van der Waals surface area contributed by atoms with Gasteiger partial charge in [0.2, 0.25) is 0 Å². The van der Waals surface area contributed by atoms with E-state index in [-0.39, 0.29) is 5.91 Å². The predicted molar refractivity (Wildman–Crippen MR) is 73.3 cm³/mol. The van der Waals surface area contributed by atoms with Crippen molar-refractivity contribution in [1.82, 2.24) is 10.3 Å². The summed E-state index contributed by atoms with van der Waals surface area (Å²) in [5.74, 6) is 0.960. The monoisotopic (exact) mass is 299 g/mol. The number of aromatic nitrogens is 1. The molecule has 0 saturated heterocycles. The van der Waals surface area contributed by atoms with E-state index in [4.69, 9.17) is 0 Å². The average Bonchev–Trinajstić information content (AvgIpc) is 2.28. The highest BCUT2D eigenvalue weighted by Crippen LogP contribution is 2.17. The van der Waals surface area contributed by atoms with Gasteiger partial charge >= 0.3 is 0 Å². The van der Waals surface area contributed by atoms with Crippen molar-refractivity contribution < 1.29 is 4.79 Å². The summed E-state index contributed by atoms with van der Waals surface area (Å²) in [6, 6.07) is 1.78. The molecule has 0 atom stereocenters. The van der Waals surface area contributed by atoms with Crippen LogP contribution in [0.4, 0.5) is 5.82 Å². The number of anilines is 1. The molecule has 1 aromatic rings. The molecule has 17 heavy (non-hydrogen) atoms. The Morgan fingerprint density at radius 1 is 1.53 bits per heavy atom. The molecular weight excluding hydrogens is 282 g/mol. The maximum absolute atomic E-state index is 12.0. The molecule has 0 fully saturated rings. The second-order valence-corrected chi connectivity index (χ2v) is 5.10. The molecule has 0 aliphatic carbocycles. The van der Waals surface area contributed by atoms with Crippen LogP contribution in [0.15, 0.2) is 16.7 Å². The molecule has 0 aliphatic heterocycles. The molecule has 1 amide bonds. The summed E-state index contributed by atoms with van der Waals surface area (Å²) in [6.07, 6.45) is 1.68. The van der Waals surface area contributed by atoms with Crippen LogP contribution in [0, 0.1) is 5.92 Å². The van der Waals surface area contributed by atoms with E-state index in [1.165, 1.54) is 0 Å². The minimum Gasteiger partial charge on any atom is -0.370 e. The van der Waals surface area contributed by atoms with E-state index in [0.717, 1.165) is 11.0 Å². The smallest absolute Gasteiger partial charge is 0.255 e. The fraction of sp³-hybridized carbons (Fsp3) is 0.500. The largest absolute Gasteiger partial charge is 0.370 e. The first-order valence-electron chi connectivity index (χ1n) is 5.72. The average molecular weight is 300 g/mol. The lowest BCUT2D eigenvalue weighted by Gasteiger charge is -2.11.